The predicted molar refractivity (Wildman–Crippen MR) is 69.3 cm³/mol. The molecule has 1 atom stereocenters. The second-order valence-corrected chi connectivity index (χ2v) is 4.85. The van der Waals surface area contributed by atoms with E-state index in [2.05, 4.69) is 0 Å². The van der Waals surface area contributed by atoms with E-state index in [1.165, 1.54) is 32.1 Å². The Hall–Kier alpha value is -0.820. The van der Waals surface area contributed by atoms with E-state index in [0.717, 1.165) is 5.56 Å². The van der Waals surface area contributed by atoms with Crippen molar-refractivity contribution in [1.82, 2.24) is 0 Å². The molecule has 1 N–H and O–H groups in total. The molecule has 1 aromatic rings. The highest BCUT2D eigenvalue weighted by molar-refractivity contribution is 5.22. The van der Waals surface area contributed by atoms with Crippen LogP contribution in [0.4, 0.5) is 0 Å². The van der Waals surface area contributed by atoms with Crippen LogP contribution in [-0.4, -0.2) is 5.11 Å². The monoisotopic (exact) mass is 220 g/mol. The Bertz CT molecular complexity index is 296. The van der Waals surface area contributed by atoms with Gasteiger partial charge in [0.2, 0.25) is 0 Å². The molecule has 1 aromatic carbocycles. The first-order valence-corrected chi connectivity index (χ1v) is 5.99. The van der Waals surface area contributed by atoms with Gasteiger partial charge in [-0.15, -0.1) is 0 Å². The maximum Gasteiger partial charge on any atom is 0.0896 e. The van der Waals surface area contributed by atoms with Gasteiger partial charge in [0.15, 0.2) is 0 Å². The lowest BCUT2D eigenvalue weighted by atomic mass is 9.74. The van der Waals surface area contributed by atoms with Gasteiger partial charge in [0.05, 0.1) is 5.60 Å². The van der Waals surface area contributed by atoms with Gasteiger partial charge >= 0.3 is 0 Å². The van der Waals surface area contributed by atoms with Gasteiger partial charge in [0.1, 0.15) is 0 Å². The van der Waals surface area contributed by atoms with Crippen molar-refractivity contribution in [1.29, 1.82) is 0 Å². The third kappa shape index (κ3) is 2.65. The van der Waals surface area contributed by atoms with Crippen molar-refractivity contribution in [2.24, 2.45) is 5.92 Å². The Balaban J connectivity index is 0.00000128. The van der Waals surface area contributed by atoms with Crippen LogP contribution < -0.4 is 0 Å². The molecule has 1 aliphatic rings. The quantitative estimate of drug-likeness (QED) is 0.795. The van der Waals surface area contributed by atoms with Gasteiger partial charge in [0, 0.05) is 0 Å². The summed E-state index contributed by atoms with van der Waals surface area (Å²) in [6.07, 6.45) is 6.21. The lowest BCUT2D eigenvalue weighted by Crippen LogP contribution is -2.33. The molecule has 0 aromatic heterocycles. The molecule has 1 saturated carbocycles. The molecule has 1 heteroatoms. The number of rotatable bonds is 2. The first-order chi connectivity index (χ1) is 7.21. The maximum atomic E-state index is 10.6. The summed E-state index contributed by atoms with van der Waals surface area (Å²) < 4.78 is 0. The number of benzene rings is 1. The minimum absolute atomic E-state index is 0. The van der Waals surface area contributed by atoms with Crippen molar-refractivity contribution in [3.8, 4) is 0 Å². The van der Waals surface area contributed by atoms with E-state index in [4.69, 9.17) is 0 Å². The molecule has 0 spiro atoms. The van der Waals surface area contributed by atoms with E-state index >= 15 is 0 Å². The average Bonchev–Trinajstić information content (AvgIpc) is 2.31. The normalized spacial score (nSPS) is 20.9. The lowest BCUT2D eigenvalue weighted by Gasteiger charge is -2.36. The Kier molecular flexibility index (Phi) is 4.55. The molecule has 0 aliphatic heterocycles. The second kappa shape index (κ2) is 5.49. The topological polar surface area (TPSA) is 20.2 Å². The van der Waals surface area contributed by atoms with Crippen LogP contribution in [0, 0.1) is 5.92 Å². The SMILES string of the molecule is C.CC(O)(c1ccccc1)C1CCCCC1. The Morgan fingerprint density at radius 3 is 2.19 bits per heavy atom. The van der Waals surface area contributed by atoms with E-state index in [-0.39, 0.29) is 7.43 Å². The highest BCUT2D eigenvalue weighted by atomic mass is 16.3. The maximum absolute atomic E-state index is 10.6. The summed E-state index contributed by atoms with van der Waals surface area (Å²) in [4.78, 5) is 0. The number of aliphatic hydroxyl groups is 1. The summed E-state index contributed by atoms with van der Waals surface area (Å²) >= 11 is 0. The third-order valence-corrected chi connectivity index (χ3v) is 3.76. The van der Waals surface area contributed by atoms with Crippen LogP contribution in [0.5, 0.6) is 0 Å². The fraction of sp³-hybridized carbons (Fsp3) is 0.600. The van der Waals surface area contributed by atoms with Crippen molar-refractivity contribution >= 4 is 0 Å². The molecule has 0 saturated heterocycles. The minimum atomic E-state index is -0.637. The zero-order valence-corrected chi connectivity index (χ0v) is 9.45. The van der Waals surface area contributed by atoms with Gasteiger partial charge in [-0.3, -0.25) is 0 Å². The third-order valence-electron chi connectivity index (χ3n) is 3.76. The van der Waals surface area contributed by atoms with Gasteiger partial charge in [-0.05, 0) is 31.2 Å². The van der Waals surface area contributed by atoms with Crippen molar-refractivity contribution in [3.63, 3.8) is 0 Å². The van der Waals surface area contributed by atoms with Crippen LogP contribution in [0.15, 0.2) is 30.3 Å². The molecule has 1 unspecified atom stereocenters. The lowest BCUT2D eigenvalue weighted by molar-refractivity contribution is -0.0215. The molecule has 2 rings (SSSR count). The summed E-state index contributed by atoms with van der Waals surface area (Å²) in [5.74, 6) is 0.439. The minimum Gasteiger partial charge on any atom is -0.385 e. The van der Waals surface area contributed by atoms with Crippen LogP contribution in [0.2, 0.25) is 0 Å². The van der Waals surface area contributed by atoms with Crippen LogP contribution in [0.1, 0.15) is 52.0 Å². The molecule has 16 heavy (non-hydrogen) atoms. The van der Waals surface area contributed by atoms with E-state index in [0.29, 0.717) is 5.92 Å². The fourth-order valence-electron chi connectivity index (χ4n) is 2.68. The van der Waals surface area contributed by atoms with Crippen LogP contribution in [0.3, 0.4) is 0 Å². The summed E-state index contributed by atoms with van der Waals surface area (Å²) in [5.41, 5.74) is 0.429. The van der Waals surface area contributed by atoms with E-state index in [1.54, 1.807) is 0 Å². The number of hydrogen-bond donors (Lipinski definition) is 1. The summed E-state index contributed by atoms with van der Waals surface area (Å²) in [7, 11) is 0. The van der Waals surface area contributed by atoms with Gasteiger partial charge in [0.25, 0.3) is 0 Å². The first-order valence-electron chi connectivity index (χ1n) is 5.99. The standard InChI is InChI=1S/C14H20O.CH4/c1-14(15,12-8-4-2-5-9-12)13-10-6-3-7-11-13;/h2,4-5,8-9,13,15H,3,6-7,10-11H2,1H3;1H4. The Morgan fingerprint density at radius 2 is 1.62 bits per heavy atom. The zero-order valence-electron chi connectivity index (χ0n) is 9.45. The molecule has 1 aliphatic carbocycles. The summed E-state index contributed by atoms with van der Waals surface area (Å²) in [5, 5.41) is 10.6. The van der Waals surface area contributed by atoms with Gasteiger partial charge in [-0.1, -0.05) is 57.0 Å². The molecule has 0 amide bonds. The van der Waals surface area contributed by atoms with E-state index < -0.39 is 5.60 Å². The van der Waals surface area contributed by atoms with Crippen LogP contribution in [0.25, 0.3) is 0 Å². The highest BCUT2D eigenvalue weighted by Crippen LogP contribution is 2.38. The summed E-state index contributed by atoms with van der Waals surface area (Å²) in [6, 6.07) is 10.1. The fourth-order valence-corrected chi connectivity index (χ4v) is 2.68. The van der Waals surface area contributed by atoms with Crippen molar-refractivity contribution in [2.45, 2.75) is 52.1 Å². The smallest absolute Gasteiger partial charge is 0.0896 e. The molecule has 1 fully saturated rings. The molecule has 0 bridgehead atoms. The molecule has 1 nitrogen and oxygen atoms in total. The van der Waals surface area contributed by atoms with Gasteiger partial charge in [-0.25, -0.2) is 0 Å². The number of hydrogen-bond acceptors (Lipinski definition) is 1. The van der Waals surface area contributed by atoms with Gasteiger partial charge < -0.3 is 5.11 Å². The van der Waals surface area contributed by atoms with E-state index in [1.807, 2.05) is 37.3 Å². The molecule has 0 heterocycles. The Labute approximate surface area is 99.5 Å². The van der Waals surface area contributed by atoms with Crippen molar-refractivity contribution in [2.75, 3.05) is 0 Å². The zero-order chi connectivity index (χ0) is 10.7. The van der Waals surface area contributed by atoms with Crippen molar-refractivity contribution in [3.05, 3.63) is 35.9 Å². The van der Waals surface area contributed by atoms with Gasteiger partial charge in [-0.2, -0.15) is 0 Å². The second-order valence-electron chi connectivity index (χ2n) is 4.85. The molecular weight excluding hydrogens is 196 g/mol. The predicted octanol–water partition coefficient (Wildman–Crippen LogP) is 4.11. The largest absolute Gasteiger partial charge is 0.385 e. The molecule has 90 valence electrons. The van der Waals surface area contributed by atoms with Crippen LogP contribution >= 0.6 is 0 Å². The molecule has 0 radical (unpaired) electrons. The first kappa shape index (κ1) is 13.2. The average molecular weight is 220 g/mol. The highest BCUT2D eigenvalue weighted by Gasteiger charge is 2.33. The summed E-state index contributed by atoms with van der Waals surface area (Å²) in [6.45, 7) is 1.97. The molecular formula is C15H24O. The van der Waals surface area contributed by atoms with E-state index in [9.17, 15) is 5.11 Å². The van der Waals surface area contributed by atoms with Crippen molar-refractivity contribution < 1.29 is 5.11 Å². The van der Waals surface area contributed by atoms with Crippen LogP contribution in [-0.2, 0) is 5.60 Å². The Morgan fingerprint density at radius 1 is 1.06 bits per heavy atom.